The van der Waals surface area contributed by atoms with Crippen molar-refractivity contribution in [2.45, 2.75) is 25.9 Å². The Kier molecular flexibility index (Phi) is 6.35. The summed E-state index contributed by atoms with van der Waals surface area (Å²) in [4.78, 5) is 27.4. The highest BCUT2D eigenvalue weighted by molar-refractivity contribution is 5.90. The standard InChI is InChI=1S/C29H27N3O3/c1-2-35-27(33)19-21-14-16-24(17-15-21)30-29(34)32-20-23-11-6-7-12-25(23)31-18-8-13-26(31)28(32)22-9-4-3-5-10-22/h3-18,28H,2,19-20H2,1H3,(H,30,34)/t28-/m0/s1. The van der Waals surface area contributed by atoms with E-state index in [-0.39, 0.29) is 24.5 Å². The van der Waals surface area contributed by atoms with Crippen LogP contribution in [-0.2, 0) is 22.5 Å². The quantitative estimate of drug-likeness (QED) is 0.384. The molecule has 0 spiro atoms. The number of hydrogen-bond donors (Lipinski definition) is 1. The highest BCUT2D eigenvalue weighted by Crippen LogP contribution is 2.36. The molecule has 4 aromatic rings. The number of nitrogens with zero attached hydrogens (tertiary/aromatic N) is 2. The predicted octanol–water partition coefficient (Wildman–Crippen LogP) is 5.72. The van der Waals surface area contributed by atoms with E-state index in [0.29, 0.717) is 18.8 Å². The molecule has 1 aliphatic heterocycles. The third-order valence-electron chi connectivity index (χ3n) is 6.20. The van der Waals surface area contributed by atoms with Crippen molar-refractivity contribution >= 4 is 17.7 Å². The summed E-state index contributed by atoms with van der Waals surface area (Å²) >= 11 is 0. The molecule has 3 aromatic carbocycles. The van der Waals surface area contributed by atoms with Crippen molar-refractivity contribution in [2.24, 2.45) is 0 Å². The maximum atomic E-state index is 13.7. The van der Waals surface area contributed by atoms with Crippen LogP contribution in [0.2, 0.25) is 0 Å². The summed E-state index contributed by atoms with van der Waals surface area (Å²) in [6, 6.07) is 29.2. The first kappa shape index (κ1) is 22.5. The maximum Gasteiger partial charge on any atom is 0.322 e. The summed E-state index contributed by atoms with van der Waals surface area (Å²) in [6.07, 6.45) is 2.26. The van der Waals surface area contributed by atoms with Crippen LogP contribution < -0.4 is 5.32 Å². The fraction of sp³-hybridized carbons (Fsp3) is 0.172. The van der Waals surface area contributed by atoms with Crippen LogP contribution in [0.5, 0.6) is 0 Å². The minimum atomic E-state index is -0.263. The van der Waals surface area contributed by atoms with Crippen molar-refractivity contribution in [3.8, 4) is 5.69 Å². The third kappa shape index (κ3) is 4.68. The average molecular weight is 466 g/mol. The van der Waals surface area contributed by atoms with Gasteiger partial charge in [0.2, 0.25) is 0 Å². The Balaban J connectivity index is 1.46. The highest BCUT2D eigenvalue weighted by Gasteiger charge is 2.32. The Labute approximate surface area is 204 Å². The number of anilines is 1. The largest absolute Gasteiger partial charge is 0.466 e. The molecule has 5 rings (SSSR count). The summed E-state index contributed by atoms with van der Waals surface area (Å²) in [7, 11) is 0. The number of nitrogens with one attached hydrogen (secondary N) is 1. The van der Waals surface area contributed by atoms with E-state index in [4.69, 9.17) is 4.74 Å². The number of fused-ring (bicyclic) bond motifs is 3. The molecule has 0 radical (unpaired) electrons. The molecule has 6 nitrogen and oxygen atoms in total. The minimum absolute atomic E-state index is 0.193. The molecule has 0 aliphatic carbocycles. The molecule has 176 valence electrons. The Hall–Kier alpha value is -4.32. The number of hydrogen-bond acceptors (Lipinski definition) is 3. The van der Waals surface area contributed by atoms with Crippen LogP contribution in [0.4, 0.5) is 10.5 Å². The highest BCUT2D eigenvalue weighted by atomic mass is 16.5. The molecule has 1 aliphatic rings. The molecule has 2 heterocycles. The zero-order valence-corrected chi connectivity index (χ0v) is 19.6. The Morgan fingerprint density at radius 1 is 0.914 bits per heavy atom. The molecule has 0 unspecified atom stereocenters. The summed E-state index contributed by atoms with van der Waals surface area (Å²) in [6.45, 7) is 2.61. The van der Waals surface area contributed by atoms with Crippen LogP contribution in [-0.4, -0.2) is 28.1 Å². The van der Waals surface area contributed by atoms with Gasteiger partial charge in [-0.05, 0) is 53.9 Å². The Bertz CT molecular complexity index is 1330. The van der Waals surface area contributed by atoms with Crippen molar-refractivity contribution in [3.63, 3.8) is 0 Å². The first-order chi connectivity index (χ1) is 17.1. The van der Waals surface area contributed by atoms with Crippen LogP contribution in [0.1, 0.15) is 35.3 Å². The van der Waals surface area contributed by atoms with Gasteiger partial charge in [0.15, 0.2) is 0 Å². The van der Waals surface area contributed by atoms with Crippen LogP contribution in [0.3, 0.4) is 0 Å². The number of carbonyl (C=O) groups is 2. The van der Waals surface area contributed by atoms with Crippen molar-refractivity contribution in [3.05, 3.63) is 120 Å². The number of carbonyl (C=O) groups excluding carboxylic acids is 2. The lowest BCUT2D eigenvalue weighted by molar-refractivity contribution is -0.142. The van der Waals surface area contributed by atoms with Gasteiger partial charge in [0.25, 0.3) is 0 Å². The molecule has 2 amide bonds. The van der Waals surface area contributed by atoms with Gasteiger partial charge in [0.05, 0.1) is 31.3 Å². The van der Waals surface area contributed by atoms with E-state index in [9.17, 15) is 9.59 Å². The zero-order chi connectivity index (χ0) is 24.2. The Morgan fingerprint density at radius 2 is 1.66 bits per heavy atom. The number of amides is 2. The van der Waals surface area contributed by atoms with E-state index < -0.39 is 0 Å². The lowest BCUT2D eigenvalue weighted by atomic mass is 10.0. The van der Waals surface area contributed by atoms with Gasteiger partial charge >= 0.3 is 12.0 Å². The van der Waals surface area contributed by atoms with Crippen molar-refractivity contribution in [2.75, 3.05) is 11.9 Å². The number of benzene rings is 3. The molecule has 0 saturated heterocycles. The van der Waals surface area contributed by atoms with Crippen molar-refractivity contribution in [1.29, 1.82) is 0 Å². The van der Waals surface area contributed by atoms with Gasteiger partial charge in [-0.3, -0.25) is 4.79 Å². The van der Waals surface area contributed by atoms with Crippen molar-refractivity contribution in [1.82, 2.24) is 9.47 Å². The first-order valence-electron chi connectivity index (χ1n) is 11.8. The number of esters is 1. The Morgan fingerprint density at radius 3 is 2.43 bits per heavy atom. The predicted molar refractivity (Wildman–Crippen MR) is 135 cm³/mol. The molecular weight excluding hydrogens is 438 g/mol. The van der Waals surface area contributed by atoms with Gasteiger partial charge in [0.1, 0.15) is 0 Å². The maximum absolute atomic E-state index is 13.7. The van der Waals surface area contributed by atoms with Crippen LogP contribution in [0.15, 0.2) is 97.2 Å². The molecule has 1 aromatic heterocycles. The molecule has 35 heavy (non-hydrogen) atoms. The van der Waals surface area contributed by atoms with Crippen LogP contribution in [0.25, 0.3) is 5.69 Å². The zero-order valence-electron chi connectivity index (χ0n) is 19.6. The molecular formula is C29H27N3O3. The second-order valence-corrected chi connectivity index (χ2v) is 8.48. The lowest BCUT2D eigenvalue weighted by Gasteiger charge is -2.31. The van der Waals surface area contributed by atoms with E-state index in [0.717, 1.165) is 28.1 Å². The summed E-state index contributed by atoms with van der Waals surface area (Å²) in [5, 5.41) is 3.06. The number of para-hydroxylation sites is 1. The number of rotatable bonds is 5. The smallest absolute Gasteiger partial charge is 0.322 e. The van der Waals surface area contributed by atoms with Gasteiger partial charge in [-0.2, -0.15) is 0 Å². The SMILES string of the molecule is CCOC(=O)Cc1ccc(NC(=O)N2Cc3ccccc3-n3cccc3[C@@H]2c2ccccc2)cc1. The average Bonchev–Trinajstić information content (AvgIpc) is 3.30. The molecule has 0 saturated carbocycles. The van der Waals surface area contributed by atoms with Crippen LogP contribution in [0, 0.1) is 0 Å². The second kappa shape index (κ2) is 9.89. The van der Waals surface area contributed by atoms with Gasteiger partial charge in [-0.15, -0.1) is 0 Å². The first-order valence-corrected chi connectivity index (χ1v) is 11.8. The van der Waals surface area contributed by atoms with Gasteiger partial charge in [0, 0.05) is 17.6 Å². The van der Waals surface area contributed by atoms with Gasteiger partial charge in [-0.1, -0.05) is 60.7 Å². The molecule has 0 bridgehead atoms. The third-order valence-corrected chi connectivity index (χ3v) is 6.20. The molecule has 6 heteroatoms. The van der Waals surface area contributed by atoms with E-state index >= 15 is 0 Å². The number of ether oxygens (including phenoxy) is 1. The van der Waals surface area contributed by atoms with E-state index in [2.05, 4.69) is 40.2 Å². The summed E-state index contributed by atoms with van der Waals surface area (Å²) < 4.78 is 7.19. The fourth-order valence-corrected chi connectivity index (χ4v) is 4.61. The molecule has 1 N–H and O–H groups in total. The van der Waals surface area contributed by atoms with E-state index in [1.54, 1.807) is 6.92 Å². The normalized spacial score (nSPS) is 14.4. The van der Waals surface area contributed by atoms with Gasteiger partial charge in [-0.25, -0.2) is 4.79 Å². The topological polar surface area (TPSA) is 63.6 Å². The number of aromatic nitrogens is 1. The van der Waals surface area contributed by atoms with Crippen molar-refractivity contribution < 1.29 is 14.3 Å². The number of urea groups is 1. The van der Waals surface area contributed by atoms with Gasteiger partial charge < -0.3 is 19.5 Å². The second-order valence-electron chi connectivity index (χ2n) is 8.48. The minimum Gasteiger partial charge on any atom is -0.466 e. The van der Waals surface area contributed by atoms with Crippen LogP contribution >= 0.6 is 0 Å². The molecule has 1 atom stereocenters. The monoisotopic (exact) mass is 465 g/mol. The summed E-state index contributed by atoms with van der Waals surface area (Å²) in [5.41, 5.74) is 5.73. The summed E-state index contributed by atoms with van der Waals surface area (Å²) in [5.74, 6) is -0.263. The van der Waals surface area contributed by atoms with E-state index in [1.165, 1.54) is 0 Å². The molecule has 0 fully saturated rings. The fourth-order valence-electron chi connectivity index (χ4n) is 4.61. The van der Waals surface area contributed by atoms with E-state index in [1.807, 2.05) is 71.8 Å². The lowest BCUT2D eigenvalue weighted by Crippen LogP contribution is -2.37.